The third-order valence-corrected chi connectivity index (χ3v) is 4.32. The lowest BCUT2D eigenvalue weighted by Gasteiger charge is -2.26. The third-order valence-electron chi connectivity index (χ3n) is 4.32. The van der Waals surface area contributed by atoms with E-state index in [2.05, 4.69) is 41.3 Å². The van der Waals surface area contributed by atoms with Gasteiger partial charge in [0, 0.05) is 38.3 Å². The summed E-state index contributed by atoms with van der Waals surface area (Å²) in [7, 11) is 0. The van der Waals surface area contributed by atoms with E-state index in [9.17, 15) is 13.2 Å². The zero-order valence-corrected chi connectivity index (χ0v) is 19.7. The Morgan fingerprint density at radius 1 is 1.22 bits per heavy atom. The van der Waals surface area contributed by atoms with Crippen molar-refractivity contribution in [3.63, 3.8) is 0 Å². The SMILES string of the molecule is CCNC(=NCCNC(C)(C)C)N1CCC(CN(CC)CC(F)(F)F)C1.I. The van der Waals surface area contributed by atoms with Crippen molar-refractivity contribution in [2.45, 2.75) is 52.8 Å². The minimum absolute atomic E-state index is 0. The second kappa shape index (κ2) is 12.3. The lowest BCUT2D eigenvalue weighted by Crippen LogP contribution is -2.42. The molecule has 1 atom stereocenters. The van der Waals surface area contributed by atoms with Crippen LogP contribution in [0.25, 0.3) is 0 Å². The molecule has 0 saturated carbocycles. The van der Waals surface area contributed by atoms with Crippen LogP contribution in [0.3, 0.4) is 0 Å². The van der Waals surface area contributed by atoms with Gasteiger partial charge in [-0.2, -0.15) is 13.2 Å². The lowest BCUT2D eigenvalue weighted by molar-refractivity contribution is -0.146. The van der Waals surface area contributed by atoms with Gasteiger partial charge in [-0.1, -0.05) is 6.92 Å². The largest absolute Gasteiger partial charge is 0.401 e. The van der Waals surface area contributed by atoms with Crippen LogP contribution in [-0.4, -0.2) is 79.8 Å². The number of aliphatic imine (C=N–C) groups is 1. The van der Waals surface area contributed by atoms with E-state index in [0.29, 0.717) is 19.6 Å². The minimum Gasteiger partial charge on any atom is -0.357 e. The van der Waals surface area contributed by atoms with E-state index < -0.39 is 12.7 Å². The van der Waals surface area contributed by atoms with Crippen molar-refractivity contribution in [1.82, 2.24) is 20.4 Å². The summed E-state index contributed by atoms with van der Waals surface area (Å²) in [5.41, 5.74) is 0.0642. The quantitative estimate of drug-likeness (QED) is 0.229. The van der Waals surface area contributed by atoms with Crippen LogP contribution in [0.1, 0.15) is 41.0 Å². The molecule has 5 nitrogen and oxygen atoms in total. The van der Waals surface area contributed by atoms with Crippen LogP contribution >= 0.6 is 24.0 Å². The van der Waals surface area contributed by atoms with E-state index in [4.69, 9.17) is 0 Å². The summed E-state index contributed by atoms with van der Waals surface area (Å²) < 4.78 is 37.9. The van der Waals surface area contributed by atoms with Gasteiger partial charge < -0.3 is 15.5 Å². The van der Waals surface area contributed by atoms with Crippen LogP contribution < -0.4 is 10.6 Å². The Kier molecular flexibility index (Phi) is 12.2. The predicted molar refractivity (Wildman–Crippen MR) is 117 cm³/mol. The molecule has 0 spiro atoms. The van der Waals surface area contributed by atoms with Crippen LogP contribution in [0.4, 0.5) is 13.2 Å². The van der Waals surface area contributed by atoms with E-state index in [0.717, 1.165) is 38.6 Å². The molecule has 0 bridgehead atoms. The van der Waals surface area contributed by atoms with Gasteiger partial charge in [-0.15, -0.1) is 24.0 Å². The number of alkyl halides is 3. The molecule has 0 aromatic carbocycles. The normalized spacial score (nSPS) is 18.8. The average Bonchev–Trinajstić information content (AvgIpc) is 2.95. The number of nitrogens with zero attached hydrogens (tertiary/aromatic N) is 3. The molecule has 27 heavy (non-hydrogen) atoms. The van der Waals surface area contributed by atoms with Crippen molar-refractivity contribution in [3.05, 3.63) is 0 Å². The maximum Gasteiger partial charge on any atom is 0.401 e. The molecule has 0 aliphatic carbocycles. The average molecular weight is 507 g/mol. The Bertz CT molecular complexity index is 438. The first-order valence-electron chi connectivity index (χ1n) is 9.61. The highest BCUT2D eigenvalue weighted by Gasteiger charge is 2.33. The Morgan fingerprint density at radius 2 is 1.89 bits per heavy atom. The summed E-state index contributed by atoms with van der Waals surface area (Å²) in [6, 6.07) is 0. The molecular formula is C18H37F3IN5. The Balaban J connectivity index is 0.00000676. The van der Waals surface area contributed by atoms with Gasteiger partial charge in [0.15, 0.2) is 5.96 Å². The van der Waals surface area contributed by atoms with Crippen LogP contribution in [0, 0.1) is 5.92 Å². The smallest absolute Gasteiger partial charge is 0.357 e. The number of hydrogen-bond donors (Lipinski definition) is 2. The van der Waals surface area contributed by atoms with Crippen molar-refractivity contribution in [2.75, 3.05) is 52.4 Å². The highest BCUT2D eigenvalue weighted by Crippen LogP contribution is 2.21. The zero-order chi connectivity index (χ0) is 19.8. The van der Waals surface area contributed by atoms with Crippen LogP contribution in [0.5, 0.6) is 0 Å². The molecule has 1 heterocycles. The van der Waals surface area contributed by atoms with Gasteiger partial charge in [0.2, 0.25) is 0 Å². The molecule has 0 aromatic rings. The molecule has 0 radical (unpaired) electrons. The van der Waals surface area contributed by atoms with Crippen molar-refractivity contribution in [2.24, 2.45) is 10.9 Å². The fraction of sp³-hybridized carbons (Fsp3) is 0.944. The fourth-order valence-electron chi connectivity index (χ4n) is 3.12. The van der Waals surface area contributed by atoms with Crippen LogP contribution in [-0.2, 0) is 0 Å². The van der Waals surface area contributed by atoms with Crippen LogP contribution in [0.2, 0.25) is 0 Å². The van der Waals surface area contributed by atoms with Gasteiger partial charge in [0.25, 0.3) is 0 Å². The number of guanidine groups is 1. The van der Waals surface area contributed by atoms with Gasteiger partial charge in [0.05, 0.1) is 13.1 Å². The van der Waals surface area contributed by atoms with Crippen molar-refractivity contribution in [1.29, 1.82) is 0 Å². The second-order valence-corrected chi connectivity index (χ2v) is 7.96. The fourth-order valence-corrected chi connectivity index (χ4v) is 3.12. The highest BCUT2D eigenvalue weighted by atomic mass is 127. The molecule has 0 aromatic heterocycles. The number of nitrogens with one attached hydrogen (secondary N) is 2. The number of hydrogen-bond acceptors (Lipinski definition) is 3. The molecule has 1 saturated heterocycles. The van der Waals surface area contributed by atoms with E-state index in [1.165, 1.54) is 4.90 Å². The highest BCUT2D eigenvalue weighted by molar-refractivity contribution is 14.0. The molecule has 1 unspecified atom stereocenters. The lowest BCUT2D eigenvalue weighted by atomic mass is 10.1. The molecule has 162 valence electrons. The molecule has 0 amide bonds. The Hall–Kier alpha value is -0.290. The predicted octanol–water partition coefficient (Wildman–Crippen LogP) is 3.16. The molecule has 9 heteroatoms. The topological polar surface area (TPSA) is 42.9 Å². The van der Waals surface area contributed by atoms with E-state index in [1.54, 1.807) is 6.92 Å². The number of rotatable bonds is 8. The van der Waals surface area contributed by atoms with E-state index in [-0.39, 0.29) is 35.4 Å². The van der Waals surface area contributed by atoms with E-state index >= 15 is 0 Å². The van der Waals surface area contributed by atoms with Gasteiger partial charge in [-0.05, 0) is 46.6 Å². The van der Waals surface area contributed by atoms with Crippen molar-refractivity contribution in [3.8, 4) is 0 Å². The summed E-state index contributed by atoms with van der Waals surface area (Å²) in [6.07, 6.45) is -3.23. The monoisotopic (exact) mass is 507 g/mol. The van der Waals surface area contributed by atoms with Crippen molar-refractivity contribution >= 4 is 29.9 Å². The van der Waals surface area contributed by atoms with Gasteiger partial charge in [-0.3, -0.25) is 9.89 Å². The summed E-state index contributed by atoms with van der Waals surface area (Å²) >= 11 is 0. The third kappa shape index (κ3) is 12.0. The van der Waals surface area contributed by atoms with Gasteiger partial charge in [0.1, 0.15) is 0 Å². The Morgan fingerprint density at radius 3 is 2.41 bits per heavy atom. The molecule has 1 rings (SSSR count). The molecule has 1 aliphatic rings. The van der Waals surface area contributed by atoms with Gasteiger partial charge in [-0.25, -0.2) is 0 Å². The Labute approximate surface area is 179 Å². The first kappa shape index (κ1) is 26.7. The van der Waals surface area contributed by atoms with E-state index in [1.807, 2.05) is 6.92 Å². The molecule has 2 N–H and O–H groups in total. The maximum absolute atomic E-state index is 12.6. The van der Waals surface area contributed by atoms with Gasteiger partial charge >= 0.3 is 6.18 Å². The standard InChI is InChI=1S/C18H36F3N5.HI/c1-6-22-16(23-9-10-24-17(3,4)5)26-11-8-15(13-26)12-25(7-2)14-18(19,20)21;/h15,24H,6-14H2,1-5H3,(H,22,23);1H. The minimum atomic E-state index is -4.13. The zero-order valence-electron chi connectivity index (χ0n) is 17.3. The molecule has 1 aliphatic heterocycles. The van der Waals surface area contributed by atoms with Crippen LogP contribution in [0.15, 0.2) is 4.99 Å². The summed E-state index contributed by atoms with van der Waals surface area (Å²) in [6.45, 7) is 14.1. The summed E-state index contributed by atoms with van der Waals surface area (Å²) in [5.74, 6) is 1.11. The summed E-state index contributed by atoms with van der Waals surface area (Å²) in [5, 5.41) is 6.71. The maximum atomic E-state index is 12.6. The number of halogens is 4. The first-order valence-corrected chi connectivity index (χ1v) is 9.61. The molecule has 1 fully saturated rings. The number of likely N-dealkylation sites (tertiary alicyclic amines) is 1. The summed E-state index contributed by atoms with van der Waals surface area (Å²) in [4.78, 5) is 8.33. The van der Waals surface area contributed by atoms with Crippen molar-refractivity contribution < 1.29 is 13.2 Å². The first-order chi connectivity index (χ1) is 12.0. The second-order valence-electron chi connectivity index (χ2n) is 7.96. The molecular weight excluding hydrogens is 470 g/mol.